The van der Waals surface area contributed by atoms with E-state index in [1.165, 1.54) is 15.9 Å². The van der Waals surface area contributed by atoms with Gasteiger partial charge in [-0.15, -0.1) is 0 Å². The van der Waals surface area contributed by atoms with Crippen LogP contribution in [0.5, 0.6) is 0 Å². The second-order valence-corrected chi connectivity index (χ2v) is 12.8. The van der Waals surface area contributed by atoms with Crippen molar-refractivity contribution in [3.8, 4) is 0 Å². The largest absolute Gasteiger partial charge is 0.342 e. The summed E-state index contributed by atoms with van der Waals surface area (Å²) in [6.07, 6.45) is 1.46. The zero-order valence-electron chi connectivity index (χ0n) is 22.1. The highest BCUT2D eigenvalue weighted by Crippen LogP contribution is 2.37. The van der Waals surface area contributed by atoms with Crippen molar-refractivity contribution in [2.75, 3.05) is 24.6 Å². The second kappa shape index (κ2) is 11.2. The number of hydrogen-bond acceptors (Lipinski definition) is 4. The quantitative estimate of drug-likeness (QED) is 0.592. The van der Waals surface area contributed by atoms with Gasteiger partial charge in [0.2, 0.25) is 17.7 Å². The molecule has 208 valence electrons. The van der Waals surface area contributed by atoms with E-state index in [1.54, 1.807) is 0 Å². The molecule has 1 unspecified atom stereocenters. The van der Waals surface area contributed by atoms with Crippen molar-refractivity contribution in [2.45, 2.75) is 51.2 Å². The van der Waals surface area contributed by atoms with E-state index in [2.05, 4.69) is 5.32 Å². The molecule has 7 nitrogen and oxygen atoms in total. The minimum absolute atomic E-state index is 0.00504. The number of benzene rings is 2. The van der Waals surface area contributed by atoms with Gasteiger partial charge in [0, 0.05) is 47.0 Å². The molecule has 39 heavy (non-hydrogen) atoms. The van der Waals surface area contributed by atoms with Gasteiger partial charge in [0.1, 0.15) is 29.8 Å². The minimum Gasteiger partial charge on any atom is -0.342 e. The number of carbonyl (C=O) groups is 3. The molecule has 5 rings (SSSR count). The van der Waals surface area contributed by atoms with Crippen LogP contribution in [0.4, 0.5) is 8.78 Å². The highest BCUT2D eigenvalue weighted by molar-refractivity contribution is 7.85. The van der Waals surface area contributed by atoms with E-state index in [0.29, 0.717) is 18.9 Å². The first-order chi connectivity index (χ1) is 18.6. The summed E-state index contributed by atoms with van der Waals surface area (Å²) in [5.41, 5.74) is 2.07. The van der Waals surface area contributed by atoms with Crippen LogP contribution in [-0.4, -0.2) is 68.4 Å². The van der Waals surface area contributed by atoms with E-state index >= 15 is 4.39 Å². The number of amides is 3. The predicted molar refractivity (Wildman–Crippen MR) is 143 cm³/mol. The molecule has 2 saturated heterocycles. The maximum Gasteiger partial charge on any atom is 0.250 e. The Morgan fingerprint density at radius 2 is 1.69 bits per heavy atom. The van der Waals surface area contributed by atoms with Gasteiger partial charge in [0.05, 0.1) is 0 Å². The molecule has 0 bridgehead atoms. The fourth-order valence-electron chi connectivity index (χ4n) is 6.03. The molecule has 2 aromatic carbocycles. The number of carbonyl (C=O) groups excluding carboxylic acids is 3. The third-order valence-electron chi connectivity index (χ3n) is 7.96. The predicted octanol–water partition coefficient (Wildman–Crippen LogP) is 2.75. The van der Waals surface area contributed by atoms with Gasteiger partial charge in [-0.25, -0.2) is 8.78 Å². The standard InChI is InChI=1S/C29H33F2N3O4S/c1-17(2)13-24-27(35)32-25(20-14-18-5-3-4-6-19(18)15-20)28(36)34(24)26(22-8-7-21(30)16-23(22)31)29(37)33-9-11-39(38)12-10-33/h3-8,16-17,20,24-26H,9-15H2,1-2H3,(H,32,35)/t24-,25?,26-/m1/s1. The molecule has 3 amide bonds. The smallest absolute Gasteiger partial charge is 0.250 e. The summed E-state index contributed by atoms with van der Waals surface area (Å²) in [6.45, 7) is 4.19. The number of rotatable bonds is 6. The summed E-state index contributed by atoms with van der Waals surface area (Å²) in [5, 5.41) is 2.93. The monoisotopic (exact) mass is 557 g/mol. The van der Waals surface area contributed by atoms with Gasteiger partial charge in [-0.3, -0.25) is 18.6 Å². The average molecular weight is 558 g/mol. The van der Waals surface area contributed by atoms with Crippen LogP contribution >= 0.6 is 0 Å². The lowest BCUT2D eigenvalue weighted by Crippen LogP contribution is -2.67. The Bertz CT molecular complexity index is 1280. The molecule has 3 aliphatic rings. The molecule has 2 aliphatic heterocycles. The first kappa shape index (κ1) is 27.4. The Morgan fingerprint density at radius 3 is 2.28 bits per heavy atom. The molecule has 1 aliphatic carbocycles. The zero-order valence-corrected chi connectivity index (χ0v) is 22.9. The van der Waals surface area contributed by atoms with Crippen LogP contribution in [0.25, 0.3) is 0 Å². The molecule has 3 atom stereocenters. The normalized spacial score (nSPS) is 23.2. The molecule has 1 N–H and O–H groups in total. The maximum absolute atomic E-state index is 15.3. The third-order valence-corrected chi connectivity index (χ3v) is 9.24. The highest BCUT2D eigenvalue weighted by Gasteiger charge is 2.50. The molecule has 0 saturated carbocycles. The van der Waals surface area contributed by atoms with E-state index in [-0.39, 0.29) is 54.3 Å². The zero-order chi connectivity index (χ0) is 27.8. The van der Waals surface area contributed by atoms with Gasteiger partial charge in [0.25, 0.3) is 0 Å². The van der Waals surface area contributed by atoms with E-state index in [0.717, 1.165) is 17.2 Å². The first-order valence-electron chi connectivity index (χ1n) is 13.4. The lowest BCUT2D eigenvalue weighted by Gasteiger charge is -2.46. The van der Waals surface area contributed by atoms with E-state index in [9.17, 15) is 23.0 Å². The molecule has 10 heteroatoms. The van der Waals surface area contributed by atoms with Crippen molar-refractivity contribution < 1.29 is 27.4 Å². The van der Waals surface area contributed by atoms with Crippen molar-refractivity contribution in [3.63, 3.8) is 0 Å². The van der Waals surface area contributed by atoms with Crippen LogP contribution in [0.15, 0.2) is 42.5 Å². The Balaban J connectivity index is 1.57. The lowest BCUT2D eigenvalue weighted by atomic mass is 9.87. The van der Waals surface area contributed by atoms with E-state index < -0.39 is 52.4 Å². The van der Waals surface area contributed by atoms with Crippen molar-refractivity contribution in [1.82, 2.24) is 15.1 Å². The molecule has 0 aromatic heterocycles. The van der Waals surface area contributed by atoms with Crippen molar-refractivity contribution in [1.29, 1.82) is 0 Å². The minimum atomic E-state index is -1.45. The van der Waals surface area contributed by atoms with Crippen LogP contribution in [0.2, 0.25) is 0 Å². The second-order valence-electron chi connectivity index (χ2n) is 11.1. The van der Waals surface area contributed by atoms with Gasteiger partial charge in [0.15, 0.2) is 0 Å². The van der Waals surface area contributed by atoms with Crippen LogP contribution in [-0.2, 0) is 38.0 Å². The van der Waals surface area contributed by atoms with Crippen LogP contribution in [0, 0.1) is 23.5 Å². The number of nitrogens with zero attached hydrogens (tertiary/aromatic N) is 2. The number of fused-ring (bicyclic) bond motifs is 1. The average Bonchev–Trinajstić information content (AvgIpc) is 3.33. The third kappa shape index (κ3) is 5.48. The van der Waals surface area contributed by atoms with Gasteiger partial charge in [-0.1, -0.05) is 44.2 Å². The summed E-state index contributed by atoms with van der Waals surface area (Å²) < 4.78 is 41.2. The highest BCUT2D eigenvalue weighted by atomic mass is 32.2. The Kier molecular flexibility index (Phi) is 7.84. The topological polar surface area (TPSA) is 86.8 Å². The molecule has 2 heterocycles. The summed E-state index contributed by atoms with van der Waals surface area (Å²) in [5.74, 6) is -2.82. The summed E-state index contributed by atoms with van der Waals surface area (Å²) >= 11 is 0. The van der Waals surface area contributed by atoms with Crippen molar-refractivity contribution >= 4 is 28.5 Å². The fourth-order valence-corrected chi connectivity index (χ4v) is 7.08. The van der Waals surface area contributed by atoms with E-state index in [4.69, 9.17) is 0 Å². The maximum atomic E-state index is 15.3. The number of nitrogens with one attached hydrogen (secondary N) is 1. The summed E-state index contributed by atoms with van der Waals surface area (Å²) in [7, 11) is -1.06. The fraction of sp³-hybridized carbons (Fsp3) is 0.483. The number of hydrogen-bond donors (Lipinski definition) is 1. The molecule has 2 aromatic rings. The van der Waals surface area contributed by atoms with Gasteiger partial charge >= 0.3 is 0 Å². The summed E-state index contributed by atoms with van der Waals surface area (Å²) in [6, 6.07) is 7.47. The van der Waals surface area contributed by atoms with Gasteiger partial charge in [-0.05, 0) is 48.3 Å². The molecule has 2 fully saturated rings. The van der Waals surface area contributed by atoms with Gasteiger partial charge < -0.3 is 15.1 Å². The Hall–Kier alpha value is -3.14. The van der Waals surface area contributed by atoms with Gasteiger partial charge in [-0.2, -0.15) is 0 Å². The molecule has 0 radical (unpaired) electrons. The molecular formula is C29H33F2N3O4S. The Morgan fingerprint density at radius 1 is 1.05 bits per heavy atom. The van der Waals surface area contributed by atoms with E-state index in [1.807, 2.05) is 38.1 Å². The lowest BCUT2D eigenvalue weighted by molar-refractivity contribution is -0.160. The summed E-state index contributed by atoms with van der Waals surface area (Å²) in [4.78, 5) is 44.8. The first-order valence-corrected chi connectivity index (χ1v) is 14.9. The Labute approximate surface area is 229 Å². The number of piperazine rings is 1. The number of halogens is 2. The van der Waals surface area contributed by atoms with Crippen LogP contribution < -0.4 is 5.32 Å². The molecular weight excluding hydrogens is 524 g/mol. The van der Waals surface area contributed by atoms with Crippen LogP contribution in [0.1, 0.15) is 43.0 Å². The van der Waals surface area contributed by atoms with Crippen LogP contribution in [0.3, 0.4) is 0 Å². The van der Waals surface area contributed by atoms with Crippen molar-refractivity contribution in [3.05, 3.63) is 70.8 Å². The molecule has 0 spiro atoms. The SMILES string of the molecule is CC(C)C[C@@H]1C(=O)NC(C2Cc3ccccc3C2)C(=O)N1[C@@H](C(=O)N1CCS(=O)CC1)c1ccc(F)cc1F. The van der Waals surface area contributed by atoms with Crippen molar-refractivity contribution in [2.24, 2.45) is 11.8 Å².